The van der Waals surface area contributed by atoms with Crippen molar-refractivity contribution >= 4 is 33.1 Å². The lowest BCUT2D eigenvalue weighted by atomic mass is 10.2. The maximum Gasteiger partial charge on any atom is 0.236 e. The Kier molecular flexibility index (Phi) is 5.97. The number of hydrogen-bond acceptors (Lipinski definition) is 6. The molecule has 0 saturated carbocycles. The molecule has 2 aromatic carbocycles. The summed E-state index contributed by atoms with van der Waals surface area (Å²) in [5.41, 5.74) is 2.12. The number of anilines is 1. The number of hydrogen-bond donors (Lipinski definition) is 0. The Labute approximate surface area is 175 Å². The maximum atomic E-state index is 12.7. The fourth-order valence-electron chi connectivity index (χ4n) is 3.63. The molecule has 0 aliphatic carbocycles. The van der Waals surface area contributed by atoms with Crippen molar-refractivity contribution in [3.63, 3.8) is 0 Å². The number of methoxy groups -OCH3 is 1. The predicted octanol–water partition coefficient (Wildman–Crippen LogP) is 3.09. The van der Waals surface area contributed by atoms with Gasteiger partial charge in [-0.3, -0.25) is 9.69 Å². The molecule has 1 fully saturated rings. The SMILES string of the molecule is COc1ccccc1N1CCN(CC(=O)N(C)Cc2nc3ccccc3s2)CC1. The highest BCUT2D eigenvalue weighted by Crippen LogP contribution is 2.28. The number of ether oxygens (including phenoxy) is 1. The number of likely N-dealkylation sites (N-methyl/N-ethyl adjacent to an activating group) is 1. The van der Waals surface area contributed by atoms with Crippen LogP contribution in [0.1, 0.15) is 5.01 Å². The smallest absolute Gasteiger partial charge is 0.236 e. The van der Waals surface area contributed by atoms with E-state index >= 15 is 0 Å². The van der Waals surface area contributed by atoms with Crippen LogP contribution >= 0.6 is 11.3 Å². The summed E-state index contributed by atoms with van der Waals surface area (Å²) in [4.78, 5) is 23.7. The van der Waals surface area contributed by atoms with E-state index < -0.39 is 0 Å². The molecule has 0 N–H and O–H groups in total. The van der Waals surface area contributed by atoms with Gasteiger partial charge in [0.25, 0.3) is 0 Å². The lowest BCUT2D eigenvalue weighted by molar-refractivity contribution is -0.131. The van der Waals surface area contributed by atoms with Crippen LogP contribution in [0.2, 0.25) is 0 Å². The van der Waals surface area contributed by atoms with Gasteiger partial charge in [0.15, 0.2) is 0 Å². The highest BCUT2D eigenvalue weighted by Gasteiger charge is 2.22. The van der Waals surface area contributed by atoms with E-state index in [9.17, 15) is 4.79 Å². The number of piperazine rings is 1. The molecule has 0 spiro atoms. The summed E-state index contributed by atoms with van der Waals surface area (Å²) in [6.07, 6.45) is 0. The minimum Gasteiger partial charge on any atom is -0.495 e. The zero-order valence-corrected chi connectivity index (χ0v) is 17.7. The normalized spacial score (nSPS) is 14.9. The van der Waals surface area contributed by atoms with Crippen molar-refractivity contribution < 1.29 is 9.53 Å². The first-order chi connectivity index (χ1) is 14.1. The average molecular weight is 411 g/mol. The summed E-state index contributed by atoms with van der Waals surface area (Å²) >= 11 is 1.65. The van der Waals surface area contributed by atoms with Crippen LogP contribution in [0.5, 0.6) is 5.75 Å². The second-order valence-electron chi connectivity index (χ2n) is 7.26. The molecule has 152 valence electrons. The number of rotatable bonds is 6. The van der Waals surface area contributed by atoms with E-state index in [1.54, 1.807) is 23.3 Å². The lowest BCUT2D eigenvalue weighted by Gasteiger charge is -2.36. The quantitative estimate of drug-likeness (QED) is 0.625. The van der Waals surface area contributed by atoms with E-state index in [2.05, 4.69) is 26.9 Å². The number of benzene rings is 2. The molecular formula is C22H26N4O2S. The fourth-order valence-corrected chi connectivity index (χ4v) is 4.65. The number of thiazole rings is 1. The van der Waals surface area contributed by atoms with Crippen LogP contribution in [-0.2, 0) is 11.3 Å². The Morgan fingerprint density at radius 3 is 2.59 bits per heavy atom. The Bertz CT molecular complexity index is 949. The van der Waals surface area contributed by atoms with Crippen molar-refractivity contribution in [3.05, 3.63) is 53.5 Å². The lowest BCUT2D eigenvalue weighted by Crippen LogP contribution is -2.49. The molecule has 1 aromatic heterocycles. The van der Waals surface area contributed by atoms with E-state index in [1.807, 2.05) is 43.4 Å². The van der Waals surface area contributed by atoms with Gasteiger partial charge in [0, 0.05) is 33.2 Å². The summed E-state index contributed by atoms with van der Waals surface area (Å²) in [6, 6.07) is 16.2. The molecular weight excluding hydrogens is 384 g/mol. The molecule has 1 amide bonds. The molecule has 1 saturated heterocycles. The third kappa shape index (κ3) is 4.52. The number of carbonyl (C=O) groups excluding carboxylic acids is 1. The summed E-state index contributed by atoms with van der Waals surface area (Å²) in [6.45, 7) is 4.49. The number of aromatic nitrogens is 1. The Hall–Kier alpha value is -2.64. The van der Waals surface area contributed by atoms with Crippen LogP contribution in [0.4, 0.5) is 5.69 Å². The first-order valence-electron chi connectivity index (χ1n) is 9.83. The molecule has 6 nitrogen and oxygen atoms in total. The van der Waals surface area contributed by atoms with Crippen LogP contribution in [0.15, 0.2) is 48.5 Å². The van der Waals surface area contributed by atoms with Crippen molar-refractivity contribution in [1.29, 1.82) is 0 Å². The predicted molar refractivity (Wildman–Crippen MR) is 118 cm³/mol. The van der Waals surface area contributed by atoms with Gasteiger partial charge in [0.1, 0.15) is 10.8 Å². The van der Waals surface area contributed by atoms with Crippen LogP contribution in [0.3, 0.4) is 0 Å². The second kappa shape index (κ2) is 8.80. The first-order valence-corrected chi connectivity index (χ1v) is 10.6. The molecule has 0 atom stereocenters. The van der Waals surface area contributed by atoms with Crippen molar-refractivity contribution in [2.75, 3.05) is 51.8 Å². The van der Waals surface area contributed by atoms with Crippen molar-refractivity contribution in [2.45, 2.75) is 6.54 Å². The summed E-state index contributed by atoms with van der Waals surface area (Å²) in [7, 11) is 3.56. The van der Waals surface area contributed by atoms with Gasteiger partial charge < -0.3 is 14.5 Å². The largest absolute Gasteiger partial charge is 0.495 e. The number of nitrogens with zero attached hydrogens (tertiary/aromatic N) is 4. The summed E-state index contributed by atoms with van der Waals surface area (Å²) < 4.78 is 6.64. The van der Waals surface area contributed by atoms with Gasteiger partial charge in [-0.05, 0) is 24.3 Å². The molecule has 7 heteroatoms. The molecule has 0 radical (unpaired) electrons. The van der Waals surface area contributed by atoms with Gasteiger partial charge in [0.05, 0.1) is 36.1 Å². The highest BCUT2D eigenvalue weighted by atomic mass is 32.1. The first kappa shape index (κ1) is 19.7. The molecule has 0 unspecified atom stereocenters. The van der Waals surface area contributed by atoms with Crippen LogP contribution < -0.4 is 9.64 Å². The van der Waals surface area contributed by atoms with E-state index in [4.69, 9.17) is 4.74 Å². The minimum atomic E-state index is 0.134. The standard InChI is InChI=1S/C22H26N4O2S/c1-24(15-21-23-17-7-3-6-10-20(17)29-21)22(27)16-25-11-13-26(14-12-25)18-8-4-5-9-19(18)28-2/h3-10H,11-16H2,1-2H3. The molecule has 3 aromatic rings. The van der Waals surface area contributed by atoms with Gasteiger partial charge in [-0.2, -0.15) is 0 Å². The van der Waals surface area contributed by atoms with Gasteiger partial charge >= 0.3 is 0 Å². The second-order valence-corrected chi connectivity index (χ2v) is 8.38. The topological polar surface area (TPSA) is 48.9 Å². The van der Waals surface area contributed by atoms with E-state index in [1.165, 1.54) is 0 Å². The third-order valence-corrected chi connectivity index (χ3v) is 6.31. The fraction of sp³-hybridized carbons (Fsp3) is 0.364. The van der Waals surface area contributed by atoms with Crippen LogP contribution in [0.25, 0.3) is 10.2 Å². The average Bonchev–Trinajstić information content (AvgIpc) is 3.16. The maximum absolute atomic E-state index is 12.7. The Morgan fingerprint density at radius 1 is 1.10 bits per heavy atom. The molecule has 29 heavy (non-hydrogen) atoms. The third-order valence-electron chi connectivity index (χ3n) is 5.29. The molecule has 0 bridgehead atoms. The van der Waals surface area contributed by atoms with E-state index in [0.717, 1.165) is 52.8 Å². The van der Waals surface area contributed by atoms with E-state index in [-0.39, 0.29) is 5.91 Å². The van der Waals surface area contributed by atoms with Crippen LogP contribution in [0, 0.1) is 0 Å². The molecule has 2 heterocycles. The number of amides is 1. The highest BCUT2D eigenvalue weighted by molar-refractivity contribution is 7.18. The number of fused-ring (bicyclic) bond motifs is 1. The Balaban J connectivity index is 1.30. The van der Waals surface area contributed by atoms with Gasteiger partial charge in [-0.25, -0.2) is 4.98 Å². The van der Waals surface area contributed by atoms with Gasteiger partial charge in [-0.15, -0.1) is 11.3 Å². The minimum absolute atomic E-state index is 0.134. The van der Waals surface area contributed by atoms with Crippen molar-refractivity contribution in [2.24, 2.45) is 0 Å². The monoisotopic (exact) mass is 410 g/mol. The molecule has 4 rings (SSSR count). The van der Waals surface area contributed by atoms with Gasteiger partial charge in [-0.1, -0.05) is 24.3 Å². The van der Waals surface area contributed by atoms with Gasteiger partial charge in [0.2, 0.25) is 5.91 Å². The summed E-state index contributed by atoms with van der Waals surface area (Å²) in [5.74, 6) is 1.03. The van der Waals surface area contributed by atoms with Crippen LogP contribution in [-0.4, -0.2) is 67.6 Å². The summed E-state index contributed by atoms with van der Waals surface area (Å²) in [5, 5.41) is 0.975. The van der Waals surface area contributed by atoms with Crippen molar-refractivity contribution in [1.82, 2.24) is 14.8 Å². The van der Waals surface area contributed by atoms with E-state index in [0.29, 0.717) is 13.1 Å². The van der Waals surface area contributed by atoms with Crippen molar-refractivity contribution in [3.8, 4) is 5.75 Å². The Morgan fingerprint density at radius 2 is 1.83 bits per heavy atom. The zero-order valence-electron chi connectivity index (χ0n) is 16.9. The molecule has 1 aliphatic rings. The molecule has 1 aliphatic heterocycles. The number of para-hydroxylation sites is 3. The zero-order chi connectivity index (χ0) is 20.2. The number of carbonyl (C=O) groups is 1.